The fourth-order valence-corrected chi connectivity index (χ4v) is 3.97. The molecule has 0 aromatic heterocycles. The molecular weight excluding hydrogens is 611 g/mol. The molecule has 174 valence electrons. The summed E-state index contributed by atoms with van der Waals surface area (Å²) in [6.07, 6.45) is 1.51. The van der Waals surface area contributed by atoms with Crippen LogP contribution < -0.4 is 19.5 Å². The molecule has 0 aliphatic heterocycles. The SMILES string of the molecule is COc1ccc(CNC(=O)/C(C#N)=C\c2cc(Br)c(OCc3ccc(I)cc3)c(OC)c2)cc1. The first kappa shape index (κ1) is 25.6. The molecule has 3 rings (SSSR count). The Labute approximate surface area is 220 Å². The summed E-state index contributed by atoms with van der Waals surface area (Å²) in [5, 5.41) is 12.3. The number of nitrogens with zero attached hydrogens (tertiary/aromatic N) is 1. The van der Waals surface area contributed by atoms with Crippen LogP contribution in [-0.2, 0) is 17.9 Å². The number of methoxy groups -OCH3 is 2. The number of benzene rings is 3. The van der Waals surface area contributed by atoms with Gasteiger partial charge in [0.25, 0.3) is 5.91 Å². The van der Waals surface area contributed by atoms with Crippen molar-refractivity contribution in [2.45, 2.75) is 13.2 Å². The predicted octanol–water partition coefficient (Wildman–Crippen LogP) is 5.87. The number of hydrogen-bond donors (Lipinski definition) is 1. The van der Waals surface area contributed by atoms with Crippen molar-refractivity contribution in [3.05, 3.63) is 91.0 Å². The van der Waals surface area contributed by atoms with Crippen molar-refractivity contribution in [1.82, 2.24) is 5.32 Å². The number of ether oxygens (including phenoxy) is 3. The molecule has 8 heteroatoms. The zero-order valence-corrected chi connectivity index (χ0v) is 22.3. The minimum absolute atomic E-state index is 0.0185. The van der Waals surface area contributed by atoms with Gasteiger partial charge in [-0.25, -0.2) is 0 Å². The fraction of sp³-hybridized carbons (Fsp3) is 0.154. The first-order valence-electron chi connectivity index (χ1n) is 10.2. The average Bonchev–Trinajstić information content (AvgIpc) is 2.86. The monoisotopic (exact) mass is 632 g/mol. The molecule has 3 aromatic carbocycles. The van der Waals surface area contributed by atoms with E-state index in [0.717, 1.165) is 20.4 Å². The minimum Gasteiger partial charge on any atom is -0.497 e. The van der Waals surface area contributed by atoms with Crippen molar-refractivity contribution in [1.29, 1.82) is 5.26 Å². The van der Waals surface area contributed by atoms with Crippen molar-refractivity contribution in [2.75, 3.05) is 14.2 Å². The van der Waals surface area contributed by atoms with Gasteiger partial charge in [-0.05, 0) is 97.7 Å². The third-order valence-corrected chi connectivity index (χ3v) is 6.14. The fourth-order valence-electron chi connectivity index (χ4n) is 3.04. The summed E-state index contributed by atoms with van der Waals surface area (Å²) in [7, 11) is 3.14. The number of carbonyl (C=O) groups excluding carboxylic acids is 1. The molecule has 0 saturated carbocycles. The van der Waals surface area contributed by atoms with Crippen molar-refractivity contribution < 1.29 is 19.0 Å². The Morgan fingerprint density at radius 3 is 2.35 bits per heavy atom. The maximum Gasteiger partial charge on any atom is 0.262 e. The van der Waals surface area contributed by atoms with E-state index in [-0.39, 0.29) is 5.57 Å². The summed E-state index contributed by atoms with van der Waals surface area (Å²) in [5.41, 5.74) is 2.53. The van der Waals surface area contributed by atoms with Gasteiger partial charge in [0.1, 0.15) is 24.0 Å². The van der Waals surface area contributed by atoms with Crippen LogP contribution in [0.3, 0.4) is 0 Å². The van der Waals surface area contributed by atoms with Gasteiger partial charge in [0.15, 0.2) is 11.5 Å². The molecule has 34 heavy (non-hydrogen) atoms. The van der Waals surface area contributed by atoms with E-state index in [1.54, 1.807) is 26.4 Å². The first-order valence-corrected chi connectivity index (χ1v) is 12.1. The Morgan fingerprint density at radius 1 is 1.06 bits per heavy atom. The standard InChI is InChI=1S/C26H22BrIN2O4/c1-32-22-9-5-17(6-10-22)15-30-26(31)20(14-29)11-19-12-23(27)25(24(13-19)33-2)34-16-18-3-7-21(28)8-4-18/h3-13H,15-16H2,1-2H3,(H,30,31)/b20-11-. The van der Waals surface area contributed by atoms with E-state index in [1.165, 1.54) is 6.08 Å². The summed E-state index contributed by atoms with van der Waals surface area (Å²) in [5.74, 6) is 1.30. The molecule has 0 aliphatic rings. The van der Waals surface area contributed by atoms with Crippen LogP contribution in [0.15, 0.2) is 70.7 Å². The Kier molecular flexibility index (Phi) is 9.36. The predicted molar refractivity (Wildman–Crippen MR) is 143 cm³/mol. The number of nitrogens with one attached hydrogen (secondary N) is 1. The minimum atomic E-state index is -0.465. The smallest absolute Gasteiger partial charge is 0.262 e. The van der Waals surface area contributed by atoms with Gasteiger partial charge in [-0.2, -0.15) is 5.26 Å². The number of halogens is 2. The highest BCUT2D eigenvalue weighted by Crippen LogP contribution is 2.37. The Hall–Kier alpha value is -3.03. The van der Waals surface area contributed by atoms with Crippen molar-refractivity contribution >= 4 is 50.5 Å². The zero-order valence-electron chi connectivity index (χ0n) is 18.6. The highest BCUT2D eigenvalue weighted by Gasteiger charge is 2.14. The molecule has 0 saturated heterocycles. The third kappa shape index (κ3) is 6.98. The second kappa shape index (κ2) is 12.4. The van der Waals surface area contributed by atoms with Crippen LogP contribution in [0.2, 0.25) is 0 Å². The molecule has 0 spiro atoms. The summed E-state index contributed by atoms with van der Waals surface area (Å²) in [6.45, 7) is 0.665. The van der Waals surface area contributed by atoms with Crippen LogP contribution in [-0.4, -0.2) is 20.1 Å². The Bertz CT molecular complexity index is 1220. The van der Waals surface area contributed by atoms with Gasteiger partial charge in [0.2, 0.25) is 0 Å². The Morgan fingerprint density at radius 2 is 1.74 bits per heavy atom. The maximum absolute atomic E-state index is 12.6. The molecule has 0 aliphatic carbocycles. The molecule has 1 N–H and O–H groups in total. The van der Waals surface area contributed by atoms with Crippen molar-refractivity contribution in [3.8, 4) is 23.3 Å². The molecule has 0 unspecified atom stereocenters. The molecular formula is C26H22BrIN2O4. The molecule has 0 radical (unpaired) electrons. The van der Waals surface area contributed by atoms with Gasteiger partial charge in [-0.15, -0.1) is 0 Å². The zero-order chi connectivity index (χ0) is 24.5. The lowest BCUT2D eigenvalue weighted by Crippen LogP contribution is -2.23. The summed E-state index contributed by atoms with van der Waals surface area (Å²) in [6, 6.07) is 20.8. The Balaban J connectivity index is 1.72. The van der Waals surface area contributed by atoms with Crippen LogP contribution in [0.25, 0.3) is 6.08 Å². The van der Waals surface area contributed by atoms with Gasteiger partial charge < -0.3 is 19.5 Å². The summed E-state index contributed by atoms with van der Waals surface area (Å²) >= 11 is 5.77. The quantitative estimate of drug-likeness (QED) is 0.181. The summed E-state index contributed by atoms with van der Waals surface area (Å²) < 4.78 is 18.4. The van der Waals surface area contributed by atoms with Gasteiger partial charge in [-0.3, -0.25) is 4.79 Å². The molecule has 3 aromatic rings. The highest BCUT2D eigenvalue weighted by molar-refractivity contribution is 14.1. The van der Waals surface area contributed by atoms with Gasteiger partial charge in [0, 0.05) is 10.1 Å². The van der Waals surface area contributed by atoms with Crippen LogP contribution in [0.4, 0.5) is 0 Å². The second-order valence-corrected chi connectivity index (χ2v) is 9.25. The lowest BCUT2D eigenvalue weighted by atomic mass is 10.1. The van der Waals surface area contributed by atoms with Crippen molar-refractivity contribution in [2.24, 2.45) is 0 Å². The van der Waals surface area contributed by atoms with Crippen LogP contribution in [0.1, 0.15) is 16.7 Å². The van der Waals surface area contributed by atoms with Crippen LogP contribution in [0.5, 0.6) is 17.2 Å². The highest BCUT2D eigenvalue weighted by atomic mass is 127. The van der Waals surface area contributed by atoms with E-state index < -0.39 is 5.91 Å². The number of carbonyl (C=O) groups is 1. The average molecular weight is 633 g/mol. The van der Waals surface area contributed by atoms with E-state index in [2.05, 4.69) is 43.8 Å². The third-order valence-electron chi connectivity index (χ3n) is 4.84. The molecule has 6 nitrogen and oxygen atoms in total. The number of hydrogen-bond acceptors (Lipinski definition) is 5. The van der Waals surface area contributed by atoms with Crippen LogP contribution in [0, 0.1) is 14.9 Å². The normalized spacial score (nSPS) is 10.9. The maximum atomic E-state index is 12.6. The lowest BCUT2D eigenvalue weighted by molar-refractivity contribution is -0.117. The molecule has 0 bridgehead atoms. The van der Waals surface area contributed by atoms with Crippen LogP contribution >= 0.6 is 38.5 Å². The van der Waals surface area contributed by atoms with Gasteiger partial charge in [-0.1, -0.05) is 24.3 Å². The van der Waals surface area contributed by atoms with Crippen molar-refractivity contribution in [3.63, 3.8) is 0 Å². The van der Waals surface area contributed by atoms with E-state index >= 15 is 0 Å². The van der Waals surface area contributed by atoms with E-state index in [4.69, 9.17) is 14.2 Å². The van der Waals surface area contributed by atoms with E-state index in [9.17, 15) is 10.1 Å². The van der Waals surface area contributed by atoms with Gasteiger partial charge in [0.05, 0.1) is 18.7 Å². The first-order chi connectivity index (χ1) is 16.4. The van der Waals surface area contributed by atoms with Gasteiger partial charge >= 0.3 is 0 Å². The van der Waals surface area contributed by atoms with E-state index in [1.807, 2.05) is 54.6 Å². The summed E-state index contributed by atoms with van der Waals surface area (Å²) in [4.78, 5) is 12.6. The molecule has 0 fully saturated rings. The number of rotatable bonds is 9. The second-order valence-electron chi connectivity index (χ2n) is 7.15. The lowest BCUT2D eigenvalue weighted by Gasteiger charge is -2.14. The number of nitriles is 1. The largest absolute Gasteiger partial charge is 0.497 e. The van der Waals surface area contributed by atoms with E-state index in [0.29, 0.717) is 34.7 Å². The molecule has 0 atom stereocenters. The molecule has 0 heterocycles. The number of amides is 1. The topological polar surface area (TPSA) is 80.6 Å². The molecule has 1 amide bonds.